The van der Waals surface area contributed by atoms with Gasteiger partial charge >= 0.3 is 0 Å². The monoisotopic (exact) mass is 287 g/mol. The number of amides is 1. The number of hydrogen-bond acceptors (Lipinski definition) is 4. The molecule has 3 rings (SSSR count). The van der Waals surface area contributed by atoms with Gasteiger partial charge in [-0.3, -0.25) is 4.79 Å². The largest absolute Gasteiger partial charge is 0.441 e. The van der Waals surface area contributed by atoms with Gasteiger partial charge in [-0.1, -0.05) is 13.3 Å². The fourth-order valence-electron chi connectivity index (χ4n) is 2.97. The van der Waals surface area contributed by atoms with Crippen molar-refractivity contribution in [2.45, 2.75) is 45.1 Å². The van der Waals surface area contributed by atoms with Gasteiger partial charge in [0.2, 0.25) is 5.91 Å². The van der Waals surface area contributed by atoms with Crippen LogP contribution in [0.4, 0.5) is 5.69 Å². The highest BCUT2D eigenvalue weighted by Crippen LogP contribution is 2.27. The molecule has 0 bridgehead atoms. The maximum absolute atomic E-state index is 12.1. The quantitative estimate of drug-likeness (QED) is 0.906. The van der Waals surface area contributed by atoms with E-state index in [1.807, 2.05) is 25.1 Å². The highest BCUT2D eigenvalue weighted by atomic mass is 16.3. The van der Waals surface area contributed by atoms with Crippen molar-refractivity contribution in [2.75, 3.05) is 5.32 Å². The molecule has 21 heavy (non-hydrogen) atoms. The molecule has 1 fully saturated rings. The molecular formula is C16H21N3O2. The van der Waals surface area contributed by atoms with Gasteiger partial charge in [-0.25, -0.2) is 4.98 Å². The van der Waals surface area contributed by atoms with Gasteiger partial charge in [-0.2, -0.15) is 0 Å². The number of carbonyl (C=O) groups is 1. The molecule has 1 saturated carbocycles. The Hall–Kier alpha value is -1.88. The Bertz CT molecular complexity index is 650. The molecule has 1 amide bonds. The zero-order valence-electron chi connectivity index (χ0n) is 12.3. The fourth-order valence-corrected chi connectivity index (χ4v) is 2.97. The van der Waals surface area contributed by atoms with Crippen LogP contribution in [0, 0.1) is 5.92 Å². The summed E-state index contributed by atoms with van der Waals surface area (Å²) in [5, 5.41) is 2.93. The summed E-state index contributed by atoms with van der Waals surface area (Å²) in [5.41, 5.74) is 8.30. The average molecular weight is 287 g/mol. The topological polar surface area (TPSA) is 81.2 Å². The summed E-state index contributed by atoms with van der Waals surface area (Å²) in [6, 6.07) is 5.71. The smallest absolute Gasteiger partial charge is 0.224 e. The van der Waals surface area contributed by atoms with Gasteiger partial charge < -0.3 is 15.5 Å². The number of rotatable bonds is 4. The Morgan fingerprint density at radius 1 is 1.48 bits per heavy atom. The number of fused-ring (bicyclic) bond motifs is 1. The molecule has 3 N–H and O–H groups in total. The number of nitrogens with zero attached hydrogens (tertiary/aromatic N) is 1. The number of anilines is 1. The highest BCUT2D eigenvalue weighted by molar-refractivity contribution is 5.92. The molecule has 2 atom stereocenters. The highest BCUT2D eigenvalue weighted by Gasteiger charge is 2.26. The number of nitrogens with one attached hydrogen (secondary N) is 1. The Balaban J connectivity index is 1.67. The lowest BCUT2D eigenvalue weighted by Gasteiger charge is -2.14. The SMILES string of the molecule is CCc1nc2cc(NC(=O)C[C@@H]3CCC[C@H]3N)ccc2o1. The van der Waals surface area contributed by atoms with Gasteiger partial charge in [-0.15, -0.1) is 0 Å². The minimum atomic E-state index is 0.0240. The molecule has 1 aromatic carbocycles. The number of nitrogens with two attached hydrogens (primary N) is 1. The van der Waals surface area contributed by atoms with Gasteiger partial charge in [0.25, 0.3) is 0 Å². The molecule has 1 heterocycles. The summed E-state index contributed by atoms with van der Waals surface area (Å²) in [6.07, 6.45) is 4.47. The second-order valence-electron chi connectivity index (χ2n) is 5.75. The molecule has 5 heteroatoms. The van der Waals surface area contributed by atoms with Crippen LogP contribution in [0.25, 0.3) is 11.1 Å². The van der Waals surface area contributed by atoms with E-state index in [0.717, 1.165) is 42.5 Å². The Morgan fingerprint density at radius 2 is 2.33 bits per heavy atom. The van der Waals surface area contributed by atoms with Crippen molar-refractivity contribution in [2.24, 2.45) is 11.7 Å². The number of aromatic nitrogens is 1. The first-order valence-corrected chi connectivity index (χ1v) is 7.60. The van der Waals surface area contributed by atoms with E-state index in [1.54, 1.807) is 0 Å². The van der Waals surface area contributed by atoms with Crippen molar-refractivity contribution in [3.05, 3.63) is 24.1 Å². The van der Waals surface area contributed by atoms with Crippen LogP contribution in [0.15, 0.2) is 22.6 Å². The Labute approximate surface area is 123 Å². The zero-order chi connectivity index (χ0) is 14.8. The van der Waals surface area contributed by atoms with Gasteiger partial charge in [0, 0.05) is 24.6 Å². The van der Waals surface area contributed by atoms with Crippen LogP contribution in [0.1, 0.15) is 38.5 Å². The van der Waals surface area contributed by atoms with Crippen LogP contribution < -0.4 is 11.1 Å². The molecule has 5 nitrogen and oxygen atoms in total. The van der Waals surface area contributed by atoms with E-state index < -0.39 is 0 Å². The van der Waals surface area contributed by atoms with Crippen LogP contribution in [0.5, 0.6) is 0 Å². The van der Waals surface area contributed by atoms with E-state index >= 15 is 0 Å². The van der Waals surface area contributed by atoms with E-state index in [1.165, 1.54) is 0 Å². The molecule has 0 aliphatic heterocycles. The number of oxazole rings is 1. The number of aryl methyl sites for hydroxylation is 1. The molecule has 0 spiro atoms. The number of carbonyl (C=O) groups excluding carboxylic acids is 1. The maximum atomic E-state index is 12.1. The fraction of sp³-hybridized carbons (Fsp3) is 0.500. The standard InChI is InChI=1S/C16H21N3O2/c1-2-16-19-13-9-11(6-7-14(13)21-16)18-15(20)8-10-4-3-5-12(10)17/h6-7,9-10,12H,2-5,8,17H2,1H3,(H,18,20)/t10-,12+/m0/s1. The minimum Gasteiger partial charge on any atom is -0.441 e. The van der Waals surface area contributed by atoms with Crippen molar-refractivity contribution < 1.29 is 9.21 Å². The van der Waals surface area contributed by atoms with E-state index in [9.17, 15) is 4.79 Å². The summed E-state index contributed by atoms with van der Waals surface area (Å²) in [6.45, 7) is 2.00. The van der Waals surface area contributed by atoms with E-state index in [0.29, 0.717) is 18.2 Å². The van der Waals surface area contributed by atoms with E-state index in [4.69, 9.17) is 10.2 Å². The third-order valence-corrected chi connectivity index (χ3v) is 4.18. The van der Waals surface area contributed by atoms with Crippen LogP contribution in [-0.2, 0) is 11.2 Å². The summed E-state index contributed by atoms with van der Waals surface area (Å²) in [4.78, 5) is 16.5. The predicted molar refractivity (Wildman–Crippen MR) is 82.0 cm³/mol. The molecule has 112 valence electrons. The zero-order valence-corrected chi connectivity index (χ0v) is 12.3. The van der Waals surface area contributed by atoms with Crippen molar-refractivity contribution >= 4 is 22.7 Å². The van der Waals surface area contributed by atoms with Gasteiger partial charge in [0.15, 0.2) is 11.5 Å². The summed E-state index contributed by atoms with van der Waals surface area (Å²) in [5.74, 6) is 1.05. The molecule has 1 aliphatic carbocycles. The molecule has 1 aromatic heterocycles. The molecule has 0 radical (unpaired) electrons. The summed E-state index contributed by atoms with van der Waals surface area (Å²) < 4.78 is 5.56. The lowest BCUT2D eigenvalue weighted by atomic mass is 10.00. The van der Waals surface area contributed by atoms with Crippen molar-refractivity contribution in [1.29, 1.82) is 0 Å². The predicted octanol–water partition coefficient (Wildman–Crippen LogP) is 2.85. The Kier molecular flexibility index (Phi) is 3.92. The van der Waals surface area contributed by atoms with Crippen LogP contribution in [0.2, 0.25) is 0 Å². The van der Waals surface area contributed by atoms with Crippen LogP contribution in [0.3, 0.4) is 0 Å². The normalized spacial score (nSPS) is 21.8. The van der Waals surface area contributed by atoms with Crippen molar-refractivity contribution in [3.8, 4) is 0 Å². The first-order chi connectivity index (χ1) is 10.2. The second kappa shape index (κ2) is 5.85. The van der Waals surface area contributed by atoms with E-state index in [2.05, 4.69) is 10.3 Å². The minimum absolute atomic E-state index is 0.0240. The second-order valence-corrected chi connectivity index (χ2v) is 5.75. The average Bonchev–Trinajstić information content (AvgIpc) is 3.05. The summed E-state index contributed by atoms with van der Waals surface area (Å²) >= 11 is 0. The first kappa shape index (κ1) is 14.1. The first-order valence-electron chi connectivity index (χ1n) is 7.60. The van der Waals surface area contributed by atoms with Gasteiger partial charge in [-0.05, 0) is 37.0 Å². The molecule has 1 aliphatic rings. The third kappa shape index (κ3) is 3.08. The molecular weight excluding hydrogens is 266 g/mol. The van der Waals surface area contributed by atoms with E-state index in [-0.39, 0.29) is 11.9 Å². The van der Waals surface area contributed by atoms with Gasteiger partial charge in [0.05, 0.1) is 0 Å². The lowest BCUT2D eigenvalue weighted by Crippen LogP contribution is -2.28. The van der Waals surface area contributed by atoms with Crippen molar-refractivity contribution in [3.63, 3.8) is 0 Å². The molecule has 2 aromatic rings. The van der Waals surface area contributed by atoms with Crippen molar-refractivity contribution in [1.82, 2.24) is 4.98 Å². The van der Waals surface area contributed by atoms with Crippen LogP contribution in [-0.4, -0.2) is 16.9 Å². The maximum Gasteiger partial charge on any atom is 0.224 e. The third-order valence-electron chi connectivity index (χ3n) is 4.18. The Morgan fingerprint density at radius 3 is 3.05 bits per heavy atom. The van der Waals surface area contributed by atoms with Gasteiger partial charge in [0.1, 0.15) is 5.52 Å². The number of hydrogen-bond donors (Lipinski definition) is 2. The molecule has 0 unspecified atom stereocenters. The van der Waals surface area contributed by atoms with Crippen LogP contribution >= 0.6 is 0 Å². The summed E-state index contributed by atoms with van der Waals surface area (Å²) in [7, 11) is 0. The number of benzene rings is 1. The molecule has 0 saturated heterocycles. The lowest BCUT2D eigenvalue weighted by molar-refractivity contribution is -0.117.